The third kappa shape index (κ3) is 2.89. The van der Waals surface area contributed by atoms with Crippen molar-refractivity contribution >= 4 is 0 Å². The Morgan fingerprint density at radius 3 is 2.58 bits per heavy atom. The highest BCUT2D eigenvalue weighted by atomic mass is 16.5. The van der Waals surface area contributed by atoms with Gasteiger partial charge < -0.3 is 18.2 Å². The fourth-order valence-electron chi connectivity index (χ4n) is 2.08. The van der Waals surface area contributed by atoms with Crippen LogP contribution in [-0.4, -0.2) is 20.3 Å². The lowest BCUT2D eigenvalue weighted by Gasteiger charge is -2.03. The topological polar surface area (TPSA) is 100 Å². The minimum atomic E-state index is 0.185. The van der Waals surface area contributed by atoms with Gasteiger partial charge in [-0.05, 0) is 36.4 Å². The maximum atomic E-state index is 5.64. The van der Waals surface area contributed by atoms with Gasteiger partial charge in [0.1, 0.15) is 5.75 Å². The van der Waals surface area contributed by atoms with Crippen molar-refractivity contribution in [3.63, 3.8) is 0 Å². The van der Waals surface area contributed by atoms with Gasteiger partial charge in [-0.15, -0.1) is 0 Å². The molecule has 8 heteroatoms. The van der Waals surface area contributed by atoms with Crippen molar-refractivity contribution in [3.05, 3.63) is 54.4 Å². The summed E-state index contributed by atoms with van der Waals surface area (Å²) in [5.41, 5.74) is 0.846. The number of aromatic nitrogens is 4. The second kappa shape index (κ2) is 5.99. The number of hydrogen-bond donors (Lipinski definition) is 0. The molecule has 0 aliphatic heterocycles. The molecule has 8 nitrogen and oxygen atoms in total. The summed E-state index contributed by atoms with van der Waals surface area (Å²) in [5.74, 6) is 3.01. The van der Waals surface area contributed by atoms with E-state index in [-0.39, 0.29) is 6.61 Å². The minimum absolute atomic E-state index is 0.185. The lowest BCUT2D eigenvalue weighted by molar-refractivity contribution is 0.287. The lowest BCUT2D eigenvalue weighted by atomic mass is 10.2. The number of furan rings is 1. The Morgan fingerprint density at radius 1 is 1.00 bits per heavy atom. The molecular weight excluding hydrogens is 312 g/mol. The number of nitrogens with zero attached hydrogens (tertiary/aromatic N) is 4. The minimum Gasteiger partial charge on any atom is -0.485 e. The first-order valence-corrected chi connectivity index (χ1v) is 7.18. The summed E-state index contributed by atoms with van der Waals surface area (Å²) < 4.78 is 20.9. The molecule has 0 unspecified atom stereocenters. The summed E-state index contributed by atoms with van der Waals surface area (Å²) in [7, 11) is 0. The number of benzene rings is 1. The fraction of sp³-hybridized carbons (Fsp3) is 0.125. The third-order valence-corrected chi connectivity index (χ3v) is 3.21. The summed E-state index contributed by atoms with van der Waals surface area (Å²) in [6.07, 6.45) is 1.54. The largest absolute Gasteiger partial charge is 0.485 e. The maximum absolute atomic E-state index is 5.64. The summed E-state index contributed by atoms with van der Waals surface area (Å²) in [4.78, 5) is 8.38. The Hall–Kier alpha value is -3.42. The first-order valence-electron chi connectivity index (χ1n) is 7.18. The molecule has 3 aromatic heterocycles. The van der Waals surface area contributed by atoms with Crippen molar-refractivity contribution < 1.29 is 18.2 Å². The average molecular weight is 324 g/mol. The SMILES string of the molecule is Cc1nc(-c2ccc(OCc3noc(-c4ccco4)n3)cc2)no1. The molecular formula is C16H12N4O4. The number of hydrogen-bond acceptors (Lipinski definition) is 8. The van der Waals surface area contributed by atoms with Crippen LogP contribution in [0.1, 0.15) is 11.7 Å². The van der Waals surface area contributed by atoms with Crippen LogP contribution >= 0.6 is 0 Å². The van der Waals surface area contributed by atoms with E-state index in [0.717, 1.165) is 5.56 Å². The van der Waals surface area contributed by atoms with Gasteiger partial charge in [0.25, 0.3) is 5.89 Å². The maximum Gasteiger partial charge on any atom is 0.293 e. The van der Waals surface area contributed by atoms with Crippen molar-refractivity contribution in [2.75, 3.05) is 0 Å². The predicted octanol–water partition coefficient (Wildman–Crippen LogP) is 3.27. The van der Waals surface area contributed by atoms with Gasteiger partial charge in [-0.25, -0.2) is 0 Å². The van der Waals surface area contributed by atoms with Crippen LogP contribution in [0.2, 0.25) is 0 Å². The Morgan fingerprint density at radius 2 is 1.88 bits per heavy atom. The van der Waals surface area contributed by atoms with E-state index in [1.54, 1.807) is 25.3 Å². The highest BCUT2D eigenvalue weighted by Crippen LogP contribution is 2.21. The number of rotatable bonds is 5. The number of aryl methyl sites for hydroxylation is 1. The quantitative estimate of drug-likeness (QED) is 0.551. The van der Waals surface area contributed by atoms with Crippen LogP contribution in [0.3, 0.4) is 0 Å². The first kappa shape index (κ1) is 14.2. The zero-order valence-corrected chi connectivity index (χ0v) is 12.7. The molecule has 1 aromatic carbocycles. The molecule has 0 N–H and O–H groups in total. The van der Waals surface area contributed by atoms with Crippen LogP contribution < -0.4 is 4.74 Å². The summed E-state index contributed by atoms with van der Waals surface area (Å²) in [5, 5.41) is 7.72. The van der Waals surface area contributed by atoms with E-state index in [4.69, 9.17) is 18.2 Å². The Kier molecular flexibility index (Phi) is 3.54. The highest BCUT2D eigenvalue weighted by molar-refractivity contribution is 5.55. The van der Waals surface area contributed by atoms with Crippen LogP contribution in [0.5, 0.6) is 5.75 Å². The van der Waals surface area contributed by atoms with Crippen molar-refractivity contribution in [2.45, 2.75) is 13.5 Å². The van der Waals surface area contributed by atoms with Crippen LogP contribution in [0.25, 0.3) is 23.0 Å². The molecule has 0 amide bonds. The Balaban J connectivity index is 1.41. The molecule has 0 saturated heterocycles. The monoisotopic (exact) mass is 324 g/mol. The van der Waals surface area contributed by atoms with Gasteiger partial charge in [-0.3, -0.25) is 0 Å². The molecule has 24 heavy (non-hydrogen) atoms. The summed E-state index contributed by atoms with van der Waals surface area (Å²) in [6.45, 7) is 1.93. The molecule has 0 spiro atoms. The van der Waals surface area contributed by atoms with E-state index < -0.39 is 0 Å². The van der Waals surface area contributed by atoms with E-state index in [2.05, 4.69) is 20.3 Å². The standard InChI is InChI=1S/C16H12N4O4/c1-10-17-15(20-23-10)11-4-6-12(7-5-11)22-9-14-18-16(24-19-14)13-3-2-8-21-13/h2-8H,9H2,1H3. The van der Waals surface area contributed by atoms with Crippen LogP contribution in [0.15, 0.2) is 56.1 Å². The molecule has 0 radical (unpaired) electrons. The van der Waals surface area contributed by atoms with Crippen molar-refractivity contribution in [2.24, 2.45) is 0 Å². The van der Waals surface area contributed by atoms with Crippen LogP contribution in [0.4, 0.5) is 0 Å². The zero-order chi connectivity index (χ0) is 16.4. The molecule has 4 rings (SSSR count). The smallest absolute Gasteiger partial charge is 0.293 e. The highest BCUT2D eigenvalue weighted by Gasteiger charge is 2.11. The third-order valence-electron chi connectivity index (χ3n) is 3.21. The van der Waals surface area contributed by atoms with Gasteiger partial charge in [0, 0.05) is 12.5 Å². The second-order valence-electron chi connectivity index (χ2n) is 4.94. The van der Waals surface area contributed by atoms with E-state index in [9.17, 15) is 0 Å². The molecule has 120 valence electrons. The predicted molar refractivity (Wildman–Crippen MR) is 80.8 cm³/mol. The van der Waals surface area contributed by atoms with E-state index in [0.29, 0.717) is 34.9 Å². The Labute approximate surface area is 136 Å². The van der Waals surface area contributed by atoms with Gasteiger partial charge in [0.2, 0.25) is 17.5 Å². The Bertz CT molecular complexity index is 925. The van der Waals surface area contributed by atoms with Crippen molar-refractivity contribution in [1.29, 1.82) is 0 Å². The molecule has 0 bridgehead atoms. The van der Waals surface area contributed by atoms with E-state index in [1.807, 2.05) is 24.3 Å². The van der Waals surface area contributed by atoms with Gasteiger partial charge >= 0.3 is 0 Å². The normalized spacial score (nSPS) is 10.9. The van der Waals surface area contributed by atoms with Gasteiger partial charge in [-0.2, -0.15) is 9.97 Å². The van der Waals surface area contributed by atoms with E-state index in [1.165, 1.54) is 0 Å². The lowest BCUT2D eigenvalue weighted by Crippen LogP contribution is -1.97. The molecule has 0 aliphatic carbocycles. The first-order chi connectivity index (χ1) is 11.8. The molecule has 0 atom stereocenters. The van der Waals surface area contributed by atoms with E-state index >= 15 is 0 Å². The zero-order valence-electron chi connectivity index (χ0n) is 12.7. The second-order valence-corrected chi connectivity index (χ2v) is 4.94. The van der Waals surface area contributed by atoms with Crippen molar-refractivity contribution in [3.8, 4) is 28.8 Å². The molecule has 0 aliphatic rings. The molecule has 3 heterocycles. The molecule has 0 saturated carbocycles. The number of ether oxygens (including phenoxy) is 1. The van der Waals surface area contributed by atoms with Crippen LogP contribution in [0, 0.1) is 6.92 Å². The molecule has 0 fully saturated rings. The van der Waals surface area contributed by atoms with Gasteiger partial charge in [0.05, 0.1) is 6.26 Å². The van der Waals surface area contributed by atoms with Crippen LogP contribution in [-0.2, 0) is 6.61 Å². The average Bonchev–Trinajstić information content (AvgIpc) is 3.34. The molecule has 4 aromatic rings. The van der Waals surface area contributed by atoms with Gasteiger partial charge in [-0.1, -0.05) is 10.3 Å². The summed E-state index contributed by atoms with van der Waals surface area (Å²) in [6, 6.07) is 10.8. The fourth-order valence-corrected chi connectivity index (χ4v) is 2.08. The van der Waals surface area contributed by atoms with Crippen molar-refractivity contribution in [1.82, 2.24) is 20.3 Å². The van der Waals surface area contributed by atoms with Gasteiger partial charge in [0.15, 0.2) is 12.4 Å². The summed E-state index contributed by atoms with van der Waals surface area (Å²) >= 11 is 0.